The Labute approximate surface area is 192 Å². The second kappa shape index (κ2) is 12.2. The molecule has 1 unspecified atom stereocenters. The molecule has 0 spiro atoms. The Hall–Kier alpha value is -2.19. The molecule has 0 radical (unpaired) electrons. The van der Waals surface area contributed by atoms with Gasteiger partial charge in [-0.3, -0.25) is 14.8 Å². The standard InChI is InChI=1S/C25H38N4O3/c1-5-28-10-12-29(13-11-28)18-23(30)19-32-24-7-6-21(14-25(24)31-4)16-27(3)17-22-8-9-26-15-20(22)2/h6-9,14-15,23,30H,5,10-13,16-19H2,1-4H3. The molecule has 1 aromatic heterocycles. The fraction of sp³-hybridized carbons (Fsp3) is 0.560. The average Bonchev–Trinajstić information content (AvgIpc) is 2.80. The zero-order valence-corrected chi connectivity index (χ0v) is 20.0. The number of likely N-dealkylation sites (N-methyl/N-ethyl adjacent to an activating group) is 1. The molecule has 1 fully saturated rings. The summed E-state index contributed by atoms with van der Waals surface area (Å²) in [5.41, 5.74) is 3.63. The summed E-state index contributed by atoms with van der Waals surface area (Å²) in [6, 6.07) is 8.08. The molecule has 3 rings (SSSR count). The van der Waals surface area contributed by atoms with Crippen LogP contribution >= 0.6 is 0 Å². The minimum Gasteiger partial charge on any atom is -0.493 e. The predicted octanol–water partition coefficient (Wildman–Crippen LogP) is 2.41. The molecule has 1 aromatic carbocycles. The Kier molecular flexibility index (Phi) is 9.29. The molecule has 1 aliphatic heterocycles. The fourth-order valence-corrected chi connectivity index (χ4v) is 4.09. The highest BCUT2D eigenvalue weighted by Crippen LogP contribution is 2.29. The number of aliphatic hydroxyl groups excluding tert-OH is 1. The number of pyridine rings is 1. The maximum atomic E-state index is 10.5. The maximum Gasteiger partial charge on any atom is 0.161 e. The van der Waals surface area contributed by atoms with Gasteiger partial charge in [-0.25, -0.2) is 0 Å². The van der Waals surface area contributed by atoms with Gasteiger partial charge in [0.05, 0.1) is 7.11 Å². The molecular weight excluding hydrogens is 404 g/mol. The number of methoxy groups -OCH3 is 1. The van der Waals surface area contributed by atoms with Gasteiger partial charge in [-0.15, -0.1) is 0 Å². The number of aliphatic hydroxyl groups is 1. The van der Waals surface area contributed by atoms with Crippen molar-refractivity contribution in [2.75, 3.05) is 60.0 Å². The lowest BCUT2D eigenvalue weighted by atomic mass is 10.1. The molecule has 0 amide bonds. The minimum absolute atomic E-state index is 0.255. The third kappa shape index (κ3) is 7.17. The van der Waals surface area contributed by atoms with Gasteiger partial charge in [0.1, 0.15) is 12.7 Å². The molecule has 0 bridgehead atoms. The number of β-amino-alcohol motifs (C(OH)–C–C–N with tert-alkyl or cyclic N) is 1. The van der Waals surface area contributed by atoms with Crippen LogP contribution in [0.5, 0.6) is 11.5 Å². The van der Waals surface area contributed by atoms with E-state index in [2.05, 4.69) is 52.7 Å². The summed E-state index contributed by atoms with van der Waals surface area (Å²) in [7, 11) is 3.76. The molecule has 7 nitrogen and oxygen atoms in total. The van der Waals surface area contributed by atoms with Crippen molar-refractivity contribution in [3.05, 3.63) is 53.3 Å². The first kappa shape index (κ1) is 24.5. The number of hydrogen-bond donors (Lipinski definition) is 1. The number of ether oxygens (including phenoxy) is 2. The topological polar surface area (TPSA) is 61.3 Å². The highest BCUT2D eigenvalue weighted by atomic mass is 16.5. The first-order valence-electron chi connectivity index (χ1n) is 11.5. The van der Waals surface area contributed by atoms with Crippen LogP contribution in [-0.4, -0.2) is 90.9 Å². The Balaban J connectivity index is 1.49. The van der Waals surface area contributed by atoms with Crippen LogP contribution in [0, 0.1) is 6.92 Å². The molecule has 7 heteroatoms. The van der Waals surface area contributed by atoms with Crippen LogP contribution < -0.4 is 9.47 Å². The molecule has 1 aliphatic rings. The minimum atomic E-state index is -0.526. The van der Waals surface area contributed by atoms with Gasteiger partial charge in [0.25, 0.3) is 0 Å². The molecule has 0 aliphatic carbocycles. The van der Waals surface area contributed by atoms with Crippen molar-refractivity contribution in [3.63, 3.8) is 0 Å². The van der Waals surface area contributed by atoms with E-state index in [4.69, 9.17) is 9.47 Å². The van der Waals surface area contributed by atoms with Crippen LogP contribution in [0.25, 0.3) is 0 Å². The number of aromatic nitrogens is 1. The van der Waals surface area contributed by atoms with Gasteiger partial charge < -0.3 is 19.5 Å². The quantitative estimate of drug-likeness (QED) is 0.573. The van der Waals surface area contributed by atoms with Gasteiger partial charge in [-0.2, -0.15) is 0 Å². The number of piperazine rings is 1. The third-order valence-corrected chi connectivity index (χ3v) is 6.07. The summed E-state index contributed by atoms with van der Waals surface area (Å²) < 4.78 is 11.5. The van der Waals surface area contributed by atoms with Gasteiger partial charge in [-0.05, 0) is 55.4 Å². The van der Waals surface area contributed by atoms with E-state index in [0.29, 0.717) is 18.0 Å². The van der Waals surface area contributed by atoms with Crippen molar-refractivity contribution in [3.8, 4) is 11.5 Å². The fourth-order valence-electron chi connectivity index (χ4n) is 4.09. The summed E-state index contributed by atoms with van der Waals surface area (Å²) in [6.07, 6.45) is 3.21. The molecule has 2 heterocycles. The van der Waals surface area contributed by atoms with E-state index in [1.54, 1.807) is 7.11 Å². The second-order valence-corrected chi connectivity index (χ2v) is 8.66. The lowest BCUT2D eigenvalue weighted by molar-refractivity contribution is 0.0464. The smallest absolute Gasteiger partial charge is 0.161 e. The molecule has 2 aromatic rings. The van der Waals surface area contributed by atoms with Gasteiger partial charge in [0.15, 0.2) is 11.5 Å². The van der Waals surface area contributed by atoms with E-state index in [9.17, 15) is 5.11 Å². The molecule has 1 N–H and O–H groups in total. The Bertz CT molecular complexity index is 840. The summed E-state index contributed by atoms with van der Waals surface area (Å²) in [4.78, 5) is 11.2. The van der Waals surface area contributed by atoms with E-state index >= 15 is 0 Å². The molecular formula is C25H38N4O3. The first-order chi connectivity index (χ1) is 15.5. The van der Waals surface area contributed by atoms with Crippen LogP contribution in [0.15, 0.2) is 36.7 Å². The van der Waals surface area contributed by atoms with Gasteiger partial charge in [-0.1, -0.05) is 13.0 Å². The predicted molar refractivity (Wildman–Crippen MR) is 127 cm³/mol. The largest absolute Gasteiger partial charge is 0.493 e. The van der Waals surface area contributed by atoms with Crippen molar-refractivity contribution in [2.24, 2.45) is 0 Å². The zero-order chi connectivity index (χ0) is 22.9. The van der Waals surface area contributed by atoms with Gasteiger partial charge in [0.2, 0.25) is 0 Å². The number of nitrogens with zero attached hydrogens (tertiary/aromatic N) is 4. The SMILES string of the molecule is CCN1CCN(CC(O)COc2ccc(CN(C)Cc3ccncc3C)cc2OC)CC1. The zero-order valence-electron chi connectivity index (χ0n) is 20.0. The monoisotopic (exact) mass is 442 g/mol. The second-order valence-electron chi connectivity index (χ2n) is 8.66. The van der Waals surface area contributed by atoms with Crippen LogP contribution in [0.2, 0.25) is 0 Å². The summed E-state index contributed by atoms with van der Waals surface area (Å²) in [6.45, 7) is 12.0. The van der Waals surface area contributed by atoms with Crippen molar-refractivity contribution in [2.45, 2.75) is 33.0 Å². The van der Waals surface area contributed by atoms with Gasteiger partial charge >= 0.3 is 0 Å². The Morgan fingerprint density at radius 1 is 1.09 bits per heavy atom. The van der Waals surface area contributed by atoms with E-state index in [1.807, 2.05) is 24.5 Å². The van der Waals surface area contributed by atoms with Crippen molar-refractivity contribution < 1.29 is 14.6 Å². The number of aryl methyl sites for hydroxylation is 1. The van der Waals surface area contributed by atoms with Crippen LogP contribution in [0.3, 0.4) is 0 Å². The number of rotatable bonds is 11. The maximum absolute atomic E-state index is 10.5. The van der Waals surface area contributed by atoms with Crippen LogP contribution in [0.1, 0.15) is 23.6 Å². The number of benzene rings is 1. The van der Waals surface area contributed by atoms with E-state index in [0.717, 1.165) is 51.4 Å². The lowest BCUT2D eigenvalue weighted by Crippen LogP contribution is -2.49. The molecule has 32 heavy (non-hydrogen) atoms. The van der Waals surface area contributed by atoms with Crippen LogP contribution in [0.4, 0.5) is 0 Å². The summed E-state index contributed by atoms with van der Waals surface area (Å²) in [5.74, 6) is 1.36. The van der Waals surface area contributed by atoms with Crippen molar-refractivity contribution in [1.29, 1.82) is 0 Å². The highest BCUT2D eigenvalue weighted by Gasteiger charge is 2.19. The Morgan fingerprint density at radius 2 is 1.84 bits per heavy atom. The molecule has 1 atom stereocenters. The molecule has 1 saturated heterocycles. The highest BCUT2D eigenvalue weighted by molar-refractivity contribution is 5.43. The molecule has 0 saturated carbocycles. The molecule has 176 valence electrons. The summed E-state index contributed by atoms with van der Waals surface area (Å²) in [5, 5.41) is 10.5. The van der Waals surface area contributed by atoms with Crippen LogP contribution in [-0.2, 0) is 13.1 Å². The van der Waals surface area contributed by atoms with Crippen molar-refractivity contribution in [1.82, 2.24) is 19.7 Å². The summed E-state index contributed by atoms with van der Waals surface area (Å²) >= 11 is 0. The van der Waals surface area contributed by atoms with E-state index < -0.39 is 6.10 Å². The lowest BCUT2D eigenvalue weighted by Gasteiger charge is -2.34. The van der Waals surface area contributed by atoms with Crippen molar-refractivity contribution >= 4 is 0 Å². The number of hydrogen-bond acceptors (Lipinski definition) is 7. The third-order valence-electron chi connectivity index (χ3n) is 6.07. The first-order valence-corrected chi connectivity index (χ1v) is 11.5. The van der Waals surface area contributed by atoms with E-state index in [-0.39, 0.29) is 6.61 Å². The van der Waals surface area contributed by atoms with Gasteiger partial charge in [0, 0.05) is 58.2 Å². The normalized spacial score (nSPS) is 16.3. The Morgan fingerprint density at radius 3 is 2.53 bits per heavy atom. The average molecular weight is 443 g/mol. The van der Waals surface area contributed by atoms with E-state index in [1.165, 1.54) is 11.1 Å².